The van der Waals surface area contributed by atoms with Crippen molar-refractivity contribution in [1.29, 1.82) is 0 Å². The Kier molecular flexibility index (Phi) is 4.51. The third-order valence-corrected chi connectivity index (χ3v) is 4.51. The predicted octanol–water partition coefficient (Wildman–Crippen LogP) is 3.53. The van der Waals surface area contributed by atoms with E-state index in [-0.39, 0.29) is 11.9 Å². The number of halogens is 2. The Labute approximate surface area is 121 Å². The van der Waals surface area contributed by atoms with Gasteiger partial charge in [-0.2, -0.15) is 0 Å². The third kappa shape index (κ3) is 2.98. The van der Waals surface area contributed by atoms with Gasteiger partial charge in [0.15, 0.2) is 0 Å². The molecule has 1 heterocycles. The molecule has 1 aliphatic rings. The number of hydrogen-bond acceptors (Lipinski definition) is 2. The van der Waals surface area contributed by atoms with Crippen LogP contribution in [0.1, 0.15) is 19.8 Å². The maximum absolute atomic E-state index is 12.2. The average molecular weight is 332 g/mol. The van der Waals surface area contributed by atoms with Crippen molar-refractivity contribution in [1.82, 2.24) is 4.90 Å². The van der Waals surface area contributed by atoms with Crippen LogP contribution in [-0.2, 0) is 4.79 Å². The van der Waals surface area contributed by atoms with Gasteiger partial charge in [0.1, 0.15) is 6.04 Å². The Balaban J connectivity index is 2.04. The number of likely N-dealkylation sites (tertiary alicyclic amines) is 1. The van der Waals surface area contributed by atoms with E-state index >= 15 is 0 Å². The first kappa shape index (κ1) is 13.7. The van der Waals surface area contributed by atoms with Gasteiger partial charge in [0.05, 0.1) is 15.2 Å². The van der Waals surface area contributed by atoms with E-state index in [1.165, 1.54) is 0 Å². The zero-order valence-electron chi connectivity index (χ0n) is 10.2. The van der Waals surface area contributed by atoms with Crippen molar-refractivity contribution in [2.45, 2.75) is 25.8 Å². The number of amides is 1. The van der Waals surface area contributed by atoms with E-state index in [1.807, 2.05) is 30.0 Å². The molecule has 5 heteroatoms. The molecule has 1 amide bonds. The van der Waals surface area contributed by atoms with Gasteiger partial charge in [-0.25, -0.2) is 0 Å². The SMILES string of the molecule is CC(Nc1cccc(Cl)c1Br)C(=O)N1CCCC1. The molecule has 2 rings (SSSR count). The van der Waals surface area contributed by atoms with Crippen molar-refractivity contribution in [2.75, 3.05) is 18.4 Å². The highest BCUT2D eigenvalue weighted by molar-refractivity contribution is 9.10. The second kappa shape index (κ2) is 5.93. The molecule has 0 spiro atoms. The number of nitrogens with zero attached hydrogens (tertiary/aromatic N) is 1. The summed E-state index contributed by atoms with van der Waals surface area (Å²) in [6, 6.07) is 5.34. The predicted molar refractivity (Wildman–Crippen MR) is 78.1 cm³/mol. The van der Waals surface area contributed by atoms with E-state index < -0.39 is 0 Å². The van der Waals surface area contributed by atoms with Crippen LogP contribution < -0.4 is 5.32 Å². The van der Waals surface area contributed by atoms with Gasteiger partial charge >= 0.3 is 0 Å². The number of anilines is 1. The standard InChI is InChI=1S/C13H16BrClN2O/c1-9(13(18)17-7-2-3-8-17)16-11-6-4-5-10(15)12(11)14/h4-6,9,16H,2-3,7-8H2,1H3. The molecule has 0 saturated carbocycles. The van der Waals surface area contributed by atoms with Crippen molar-refractivity contribution in [3.05, 3.63) is 27.7 Å². The molecule has 1 saturated heterocycles. The Bertz CT molecular complexity index is 447. The Hall–Kier alpha value is -0.740. The maximum Gasteiger partial charge on any atom is 0.244 e. The molecule has 0 radical (unpaired) electrons. The average Bonchev–Trinajstić information content (AvgIpc) is 2.87. The lowest BCUT2D eigenvalue weighted by Gasteiger charge is -2.22. The fraction of sp³-hybridized carbons (Fsp3) is 0.462. The molecule has 1 atom stereocenters. The summed E-state index contributed by atoms with van der Waals surface area (Å²) in [6.45, 7) is 3.64. The number of hydrogen-bond donors (Lipinski definition) is 1. The zero-order chi connectivity index (χ0) is 13.1. The molecule has 0 aliphatic carbocycles. The smallest absolute Gasteiger partial charge is 0.244 e. The van der Waals surface area contributed by atoms with Crippen LogP contribution >= 0.6 is 27.5 Å². The van der Waals surface area contributed by atoms with Gasteiger partial charge in [-0.05, 0) is 47.8 Å². The largest absolute Gasteiger partial charge is 0.373 e. The molecular formula is C13H16BrClN2O. The summed E-state index contributed by atoms with van der Waals surface area (Å²) < 4.78 is 0.799. The monoisotopic (exact) mass is 330 g/mol. The minimum atomic E-state index is -0.238. The molecule has 0 aromatic heterocycles. The molecule has 1 N–H and O–H groups in total. The van der Waals surface area contributed by atoms with Crippen LogP contribution in [0.25, 0.3) is 0 Å². The van der Waals surface area contributed by atoms with Gasteiger partial charge in [0, 0.05) is 13.1 Å². The molecule has 0 bridgehead atoms. The second-order valence-electron chi connectivity index (χ2n) is 4.50. The lowest BCUT2D eigenvalue weighted by atomic mass is 10.2. The van der Waals surface area contributed by atoms with Gasteiger partial charge in [-0.1, -0.05) is 17.7 Å². The number of rotatable bonds is 3. The summed E-state index contributed by atoms with van der Waals surface area (Å²) in [7, 11) is 0. The van der Waals surface area contributed by atoms with E-state index in [0.717, 1.165) is 36.1 Å². The number of carbonyl (C=O) groups is 1. The maximum atomic E-state index is 12.2. The highest BCUT2D eigenvalue weighted by Crippen LogP contribution is 2.30. The molecule has 1 aromatic carbocycles. The van der Waals surface area contributed by atoms with Crippen LogP contribution in [0.15, 0.2) is 22.7 Å². The lowest BCUT2D eigenvalue weighted by molar-refractivity contribution is -0.130. The number of nitrogens with one attached hydrogen (secondary N) is 1. The van der Waals surface area contributed by atoms with Crippen LogP contribution in [-0.4, -0.2) is 29.9 Å². The van der Waals surface area contributed by atoms with Crippen molar-refractivity contribution in [2.24, 2.45) is 0 Å². The number of carbonyl (C=O) groups excluding carboxylic acids is 1. The van der Waals surface area contributed by atoms with Crippen LogP contribution in [0.2, 0.25) is 5.02 Å². The normalized spacial score (nSPS) is 16.7. The molecule has 98 valence electrons. The minimum Gasteiger partial charge on any atom is -0.373 e. The summed E-state index contributed by atoms with van der Waals surface area (Å²) >= 11 is 9.44. The van der Waals surface area contributed by atoms with Gasteiger partial charge in [-0.3, -0.25) is 4.79 Å². The van der Waals surface area contributed by atoms with Gasteiger partial charge in [-0.15, -0.1) is 0 Å². The summed E-state index contributed by atoms with van der Waals surface area (Å²) in [5.41, 5.74) is 0.850. The Morgan fingerprint density at radius 1 is 1.44 bits per heavy atom. The summed E-state index contributed by atoms with van der Waals surface area (Å²) in [5.74, 6) is 0.152. The van der Waals surface area contributed by atoms with Crippen LogP contribution in [0, 0.1) is 0 Å². The van der Waals surface area contributed by atoms with Crippen LogP contribution in [0.3, 0.4) is 0 Å². The topological polar surface area (TPSA) is 32.3 Å². The van der Waals surface area contributed by atoms with Gasteiger partial charge in [0.25, 0.3) is 0 Å². The highest BCUT2D eigenvalue weighted by atomic mass is 79.9. The molecule has 1 unspecified atom stereocenters. The zero-order valence-corrected chi connectivity index (χ0v) is 12.6. The van der Waals surface area contributed by atoms with Crippen molar-refractivity contribution in [3.63, 3.8) is 0 Å². The first-order chi connectivity index (χ1) is 8.59. The summed E-state index contributed by atoms with van der Waals surface area (Å²) in [6.07, 6.45) is 2.22. The molecule has 1 aliphatic heterocycles. The molecule has 1 fully saturated rings. The second-order valence-corrected chi connectivity index (χ2v) is 5.70. The lowest BCUT2D eigenvalue weighted by Crippen LogP contribution is -2.39. The van der Waals surface area contributed by atoms with Crippen LogP contribution in [0.4, 0.5) is 5.69 Å². The Morgan fingerprint density at radius 2 is 2.11 bits per heavy atom. The molecular weight excluding hydrogens is 316 g/mol. The molecule has 18 heavy (non-hydrogen) atoms. The van der Waals surface area contributed by atoms with E-state index in [4.69, 9.17) is 11.6 Å². The Morgan fingerprint density at radius 3 is 2.78 bits per heavy atom. The summed E-state index contributed by atoms with van der Waals surface area (Å²) in [4.78, 5) is 14.1. The van der Waals surface area contributed by atoms with Crippen LogP contribution in [0.5, 0.6) is 0 Å². The highest BCUT2D eigenvalue weighted by Gasteiger charge is 2.23. The molecule has 3 nitrogen and oxygen atoms in total. The van der Waals surface area contributed by atoms with E-state index in [0.29, 0.717) is 5.02 Å². The first-order valence-corrected chi connectivity index (χ1v) is 7.26. The third-order valence-electron chi connectivity index (χ3n) is 3.11. The summed E-state index contributed by atoms with van der Waals surface area (Å²) in [5, 5.41) is 3.84. The van der Waals surface area contributed by atoms with Crippen molar-refractivity contribution in [3.8, 4) is 0 Å². The van der Waals surface area contributed by atoms with E-state index in [9.17, 15) is 4.79 Å². The first-order valence-electron chi connectivity index (χ1n) is 6.09. The fourth-order valence-electron chi connectivity index (χ4n) is 2.12. The minimum absolute atomic E-state index is 0.152. The van der Waals surface area contributed by atoms with Crippen molar-refractivity contribution < 1.29 is 4.79 Å². The van der Waals surface area contributed by atoms with Crippen molar-refractivity contribution >= 4 is 39.1 Å². The van der Waals surface area contributed by atoms with E-state index in [1.54, 1.807) is 0 Å². The van der Waals surface area contributed by atoms with E-state index in [2.05, 4.69) is 21.2 Å². The number of benzene rings is 1. The molecule has 1 aromatic rings. The fourth-order valence-corrected chi connectivity index (χ4v) is 2.67. The van der Waals surface area contributed by atoms with Gasteiger partial charge in [0.2, 0.25) is 5.91 Å². The quantitative estimate of drug-likeness (QED) is 0.919. The van der Waals surface area contributed by atoms with Gasteiger partial charge < -0.3 is 10.2 Å².